The van der Waals surface area contributed by atoms with Crippen LogP contribution in [0.5, 0.6) is 0 Å². The predicted molar refractivity (Wildman–Crippen MR) is 85.5 cm³/mol. The Morgan fingerprint density at radius 3 is 2.86 bits per heavy atom. The van der Waals surface area contributed by atoms with E-state index >= 15 is 0 Å². The fourth-order valence-electron chi connectivity index (χ4n) is 4.35. The first-order valence-corrected chi connectivity index (χ1v) is 8.48. The molecule has 2 atom stereocenters. The second-order valence-electron chi connectivity index (χ2n) is 7.03. The van der Waals surface area contributed by atoms with Crippen LogP contribution in [0.4, 0.5) is 0 Å². The number of aromatic nitrogens is 1. The fraction of sp³-hybridized carbons (Fsp3) is 0.556. The molecule has 0 amide bonds. The van der Waals surface area contributed by atoms with Crippen molar-refractivity contribution in [2.24, 2.45) is 0 Å². The molecule has 0 spiro atoms. The van der Waals surface area contributed by atoms with Crippen molar-refractivity contribution in [2.75, 3.05) is 13.1 Å². The van der Waals surface area contributed by atoms with Gasteiger partial charge in [-0.15, -0.1) is 0 Å². The van der Waals surface area contributed by atoms with Crippen LogP contribution in [-0.4, -0.2) is 35.1 Å². The summed E-state index contributed by atoms with van der Waals surface area (Å²) in [5.74, 6) is 0. The third-order valence-corrected chi connectivity index (χ3v) is 5.59. The maximum Gasteiger partial charge on any atom is 0.0516 e. The molecule has 3 nitrogen and oxygen atoms in total. The molecule has 1 aromatic heterocycles. The standard InChI is InChI=1S/C18H23N3/c1-2-4-16-14(3-1)15-8-10-21-9-7-13(19-12-5-6-12)11-17(21)18(15)20-16/h1-4,12-13,17,19-20H,5-11H2/t13-,17+/m1/s1. The van der Waals surface area contributed by atoms with Crippen molar-refractivity contribution in [3.8, 4) is 0 Å². The molecular formula is C18H23N3. The first kappa shape index (κ1) is 12.2. The Morgan fingerprint density at radius 2 is 1.95 bits per heavy atom. The number of piperidine rings is 1. The Labute approximate surface area is 125 Å². The van der Waals surface area contributed by atoms with Gasteiger partial charge >= 0.3 is 0 Å². The summed E-state index contributed by atoms with van der Waals surface area (Å²) in [6, 6.07) is 11.0. The Hall–Kier alpha value is -1.32. The molecule has 1 aromatic carbocycles. The van der Waals surface area contributed by atoms with Crippen LogP contribution in [0.2, 0.25) is 0 Å². The number of hydrogen-bond donors (Lipinski definition) is 2. The molecule has 1 saturated heterocycles. The summed E-state index contributed by atoms with van der Waals surface area (Å²) in [7, 11) is 0. The van der Waals surface area contributed by atoms with E-state index in [9.17, 15) is 0 Å². The predicted octanol–water partition coefficient (Wildman–Crippen LogP) is 2.98. The maximum atomic E-state index is 3.85. The lowest BCUT2D eigenvalue weighted by Gasteiger charge is -2.42. The van der Waals surface area contributed by atoms with Gasteiger partial charge in [-0.25, -0.2) is 0 Å². The number of rotatable bonds is 2. The molecule has 2 N–H and O–H groups in total. The number of aromatic amines is 1. The molecule has 2 aromatic rings. The highest BCUT2D eigenvalue weighted by molar-refractivity contribution is 5.85. The van der Waals surface area contributed by atoms with Crippen molar-refractivity contribution in [2.45, 2.75) is 50.2 Å². The monoisotopic (exact) mass is 281 g/mol. The molecule has 3 aliphatic rings. The molecule has 0 bridgehead atoms. The highest BCUT2D eigenvalue weighted by Crippen LogP contribution is 2.39. The van der Waals surface area contributed by atoms with E-state index in [-0.39, 0.29) is 0 Å². The molecule has 1 aliphatic carbocycles. The van der Waals surface area contributed by atoms with E-state index in [1.807, 2.05) is 0 Å². The van der Waals surface area contributed by atoms with Crippen LogP contribution in [-0.2, 0) is 6.42 Å². The maximum absolute atomic E-state index is 3.85. The van der Waals surface area contributed by atoms with Crippen LogP contribution >= 0.6 is 0 Å². The Balaban J connectivity index is 1.50. The highest BCUT2D eigenvalue weighted by Gasteiger charge is 2.36. The van der Waals surface area contributed by atoms with Crippen LogP contribution in [0.1, 0.15) is 43.0 Å². The van der Waals surface area contributed by atoms with Gasteiger partial charge in [0.1, 0.15) is 0 Å². The number of fused-ring (bicyclic) bond motifs is 5. The van der Waals surface area contributed by atoms with Crippen LogP contribution in [0.3, 0.4) is 0 Å². The zero-order chi connectivity index (χ0) is 13.8. The Bertz CT molecular complexity index is 670. The Kier molecular flexibility index (Phi) is 2.67. The van der Waals surface area contributed by atoms with E-state index in [0.717, 1.165) is 12.1 Å². The van der Waals surface area contributed by atoms with Gasteiger partial charge in [-0.3, -0.25) is 4.90 Å². The lowest BCUT2D eigenvalue weighted by molar-refractivity contribution is 0.113. The largest absolute Gasteiger partial charge is 0.357 e. The molecular weight excluding hydrogens is 258 g/mol. The number of para-hydroxylation sites is 1. The summed E-state index contributed by atoms with van der Waals surface area (Å²) in [6.45, 7) is 2.49. The van der Waals surface area contributed by atoms with E-state index in [4.69, 9.17) is 0 Å². The van der Waals surface area contributed by atoms with Gasteiger partial charge < -0.3 is 10.3 Å². The third-order valence-electron chi connectivity index (χ3n) is 5.59. The van der Waals surface area contributed by atoms with Crippen molar-refractivity contribution in [1.29, 1.82) is 0 Å². The number of nitrogens with one attached hydrogen (secondary N) is 2. The molecule has 0 unspecified atom stereocenters. The van der Waals surface area contributed by atoms with E-state index < -0.39 is 0 Å². The topological polar surface area (TPSA) is 31.1 Å². The third kappa shape index (κ3) is 2.02. The summed E-state index contributed by atoms with van der Waals surface area (Å²) in [6.07, 6.45) is 6.58. The zero-order valence-electron chi connectivity index (χ0n) is 12.4. The van der Waals surface area contributed by atoms with Crippen LogP contribution in [0, 0.1) is 0 Å². The van der Waals surface area contributed by atoms with E-state index in [1.165, 1.54) is 61.8 Å². The van der Waals surface area contributed by atoms with Gasteiger partial charge in [-0.2, -0.15) is 0 Å². The molecule has 3 heteroatoms. The van der Waals surface area contributed by atoms with Crippen molar-refractivity contribution in [3.63, 3.8) is 0 Å². The first-order chi connectivity index (χ1) is 10.4. The van der Waals surface area contributed by atoms with Crippen molar-refractivity contribution >= 4 is 10.9 Å². The molecule has 5 rings (SSSR count). The lowest BCUT2D eigenvalue weighted by atomic mass is 9.88. The van der Waals surface area contributed by atoms with Gasteiger partial charge in [0.05, 0.1) is 6.04 Å². The second-order valence-corrected chi connectivity index (χ2v) is 7.03. The van der Waals surface area contributed by atoms with Gasteiger partial charge in [-0.05, 0) is 43.7 Å². The molecule has 2 fully saturated rings. The number of benzene rings is 1. The number of nitrogens with zero attached hydrogens (tertiary/aromatic N) is 1. The Morgan fingerprint density at radius 1 is 1.05 bits per heavy atom. The molecule has 2 aliphatic heterocycles. The lowest BCUT2D eigenvalue weighted by Crippen LogP contribution is -2.47. The number of H-pyrrole nitrogens is 1. The molecule has 3 heterocycles. The molecule has 110 valence electrons. The summed E-state index contributed by atoms with van der Waals surface area (Å²) >= 11 is 0. The average Bonchev–Trinajstić information content (AvgIpc) is 3.25. The summed E-state index contributed by atoms with van der Waals surface area (Å²) < 4.78 is 0. The average molecular weight is 281 g/mol. The summed E-state index contributed by atoms with van der Waals surface area (Å²) in [5, 5.41) is 5.30. The molecule has 1 saturated carbocycles. The molecule has 21 heavy (non-hydrogen) atoms. The first-order valence-electron chi connectivity index (χ1n) is 8.48. The molecule has 0 radical (unpaired) electrons. The van der Waals surface area contributed by atoms with Crippen LogP contribution < -0.4 is 5.32 Å². The van der Waals surface area contributed by atoms with Gasteiger partial charge in [0.2, 0.25) is 0 Å². The highest BCUT2D eigenvalue weighted by atomic mass is 15.2. The number of hydrogen-bond acceptors (Lipinski definition) is 2. The van der Waals surface area contributed by atoms with Crippen molar-refractivity contribution in [3.05, 3.63) is 35.5 Å². The summed E-state index contributed by atoms with van der Waals surface area (Å²) in [4.78, 5) is 6.43. The van der Waals surface area contributed by atoms with Gasteiger partial charge in [0, 0.05) is 41.8 Å². The fourth-order valence-corrected chi connectivity index (χ4v) is 4.35. The smallest absolute Gasteiger partial charge is 0.0516 e. The minimum atomic E-state index is 0.603. The zero-order valence-corrected chi connectivity index (χ0v) is 12.4. The second kappa shape index (κ2) is 4.59. The van der Waals surface area contributed by atoms with Crippen LogP contribution in [0.15, 0.2) is 24.3 Å². The van der Waals surface area contributed by atoms with E-state index in [2.05, 4.69) is 39.5 Å². The van der Waals surface area contributed by atoms with Crippen molar-refractivity contribution < 1.29 is 0 Å². The van der Waals surface area contributed by atoms with Gasteiger partial charge in [0.25, 0.3) is 0 Å². The van der Waals surface area contributed by atoms with E-state index in [1.54, 1.807) is 5.56 Å². The van der Waals surface area contributed by atoms with Crippen LogP contribution in [0.25, 0.3) is 10.9 Å². The quantitative estimate of drug-likeness (QED) is 0.886. The SMILES string of the molecule is c1ccc2c3c([nH]c2c1)[C@@H]1C[C@H](NC2CC2)CCN1CC3. The van der Waals surface area contributed by atoms with E-state index in [0.29, 0.717) is 6.04 Å². The summed E-state index contributed by atoms with van der Waals surface area (Å²) in [5.41, 5.74) is 4.41. The minimum absolute atomic E-state index is 0.603. The minimum Gasteiger partial charge on any atom is -0.357 e. The van der Waals surface area contributed by atoms with Gasteiger partial charge in [0.15, 0.2) is 0 Å². The van der Waals surface area contributed by atoms with Gasteiger partial charge in [-0.1, -0.05) is 18.2 Å². The van der Waals surface area contributed by atoms with Crippen molar-refractivity contribution in [1.82, 2.24) is 15.2 Å². The normalized spacial score (nSPS) is 29.3.